The summed E-state index contributed by atoms with van der Waals surface area (Å²) in [5, 5.41) is 0. The number of ether oxygens (including phenoxy) is 1. The van der Waals surface area contributed by atoms with Crippen LogP contribution in [0.1, 0.15) is 110 Å². The van der Waals surface area contributed by atoms with Crippen LogP contribution in [0.15, 0.2) is 12.2 Å². The van der Waals surface area contributed by atoms with Crippen LogP contribution in [0, 0.1) is 0 Å². The van der Waals surface area contributed by atoms with E-state index in [0.29, 0.717) is 12.8 Å². The van der Waals surface area contributed by atoms with Crippen LogP contribution in [0.5, 0.6) is 0 Å². The summed E-state index contributed by atoms with van der Waals surface area (Å²) in [6.07, 6.45) is 18.5. The van der Waals surface area contributed by atoms with Crippen molar-refractivity contribution in [3.8, 4) is 0 Å². The number of carbonyl (C=O) groups is 1. The fourth-order valence-corrected chi connectivity index (χ4v) is 3.44. The molecule has 0 radical (unpaired) electrons. The summed E-state index contributed by atoms with van der Waals surface area (Å²) in [4.78, 5) is 11.9. The molecule has 0 aliphatic carbocycles. The van der Waals surface area contributed by atoms with Crippen molar-refractivity contribution in [3.05, 3.63) is 12.2 Å². The summed E-state index contributed by atoms with van der Waals surface area (Å²) in [5.41, 5.74) is 0. The van der Waals surface area contributed by atoms with Gasteiger partial charge in [0, 0.05) is 0 Å². The quantitative estimate of drug-likeness (QED) is 0.0698. The van der Waals surface area contributed by atoms with E-state index < -0.39 is 22.5 Å². The van der Waals surface area contributed by atoms with E-state index in [4.69, 9.17) is 4.74 Å². The van der Waals surface area contributed by atoms with Gasteiger partial charge in [0.15, 0.2) is 6.10 Å². The van der Waals surface area contributed by atoms with Gasteiger partial charge in [0.1, 0.15) is 0 Å². The number of hydrogen-bond donors (Lipinski definition) is 0. The van der Waals surface area contributed by atoms with Crippen molar-refractivity contribution in [1.29, 1.82) is 0 Å². The minimum absolute atomic E-state index is 0. The van der Waals surface area contributed by atoms with Gasteiger partial charge in [-0.1, -0.05) is 83.8 Å². The summed E-state index contributed by atoms with van der Waals surface area (Å²) < 4.78 is 41.9. The molecule has 0 saturated carbocycles. The van der Waals surface area contributed by atoms with Crippen molar-refractivity contribution in [2.45, 2.75) is 116 Å². The van der Waals surface area contributed by atoms with Crippen molar-refractivity contribution < 1.29 is 56.2 Å². The summed E-state index contributed by atoms with van der Waals surface area (Å²) in [6, 6.07) is 0. The SMILES string of the molecule is CCCCCCCCC=CCCCCCCC(OS(=O)(=O)[O-])C(=O)OCCCC.[Na+]. The Morgan fingerprint density at radius 2 is 1.33 bits per heavy atom. The molecule has 0 aromatic heterocycles. The number of hydrogen-bond acceptors (Lipinski definition) is 6. The van der Waals surface area contributed by atoms with E-state index in [-0.39, 0.29) is 42.6 Å². The van der Waals surface area contributed by atoms with Crippen LogP contribution in [-0.2, 0) is 24.1 Å². The number of allylic oxidation sites excluding steroid dienone is 2. The van der Waals surface area contributed by atoms with E-state index in [0.717, 1.165) is 38.5 Å². The van der Waals surface area contributed by atoms with E-state index in [9.17, 15) is 17.8 Å². The van der Waals surface area contributed by atoms with Crippen LogP contribution in [0.3, 0.4) is 0 Å². The minimum atomic E-state index is -4.93. The summed E-state index contributed by atoms with van der Waals surface area (Å²) in [5.74, 6) is -0.768. The van der Waals surface area contributed by atoms with E-state index in [1.165, 1.54) is 38.5 Å². The third-order valence-corrected chi connectivity index (χ3v) is 5.19. The van der Waals surface area contributed by atoms with Crippen LogP contribution in [-0.4, -0.2) is 31.7 Å². The third kappa shape index (κ3) is 22.8. The monoisotopic (exact) mass is 456 g/mol. The molecule has 1 atom stereocenters. The average Bonchev–Trinajstić information content (AvgIpc) is 2.66. The molecule has 0 aromatic carbocycles. The number of esters is 1. The van der Waals surface area contributed by atoms with E-state index >= 15 is 0 Å². The Labute approximate surface area is 206 Å². The maximum atomic E-state index is 11.9. The summed E-state index contributed by atoms with van der Waals surface area (Å²) in [6.45, 7) is 4.39. The fourth-order valence-electron chi connectivity index (χ4n) is 2.98. The van der Waals surface area contributed by atoms with Crippen LogP contribution < -0.4 is 29.6 Å². The molecule has 0 aliphatic heterocycles. The average molecular weight is 457 g/mol. The maximum absolute atomic E-state index is 11.9. The molecule has 8 heteroatoms. The second-order valence-corrected chi connectivity index (χ2v) is 8.54. The first-order valence-corrected chi connectivity index (χ1v) is 12.7. The van der Waals surface area contributed by atoms with Crippen molar-refractivity contribution in [2.75, 3.05) is 6.61 Å². The Morgan fingerprint density at radius 1 is 0.833 bits per heavy atom. The van der Waals surface area contributed by atoms with Crippen LogP contribution >= 0.6 is 0 Å². The Kier molecular flexibility index (Phi) is 24.0. The molecular weight excluding hydrogens is 415 g/mol. The van der Waals surface area contributed by atoms with Gasteiger partial charge in [-0.3, -0.25) is 4.18 Å². The summed E-state index contributed by atoms with van der Waals surface area (Å²) in [7, 11) is -4.93. The molecule has 0 fully saturated rings. The zero-order valence-electron chi connectivity index (χ0n) is 19.4. The second kappa shape index (κ2) is 22.3. The van der Waals surface area contributed by atoms with E-state index in [1.54, 1.807) is 0 Å². The fraction of sp³-hybridized carbons (Fsp3) is 0.864. The van der Waals surface area contributed by atoms with Crippen molar-refractivity contribution in [2.24, 2.45) is 0 Å². The largest absolute Gasteiger partial charge is 1.00 e. The molecule has 0 amide bonds. The second-order valence-electron chi connectivity index (χ2n) is 7.53. The molecule has 0 aromatic rings. The zero-order valence-corrected chi connectivity index (χ0v) is 22.2. The van der Waals surface area contributed by atoms with Crippen LogP contribution in [0.4, 0.5) is 0 Å². The summed E-state index contributed by atoms with van der Waals surface area (Å²) >= 11 is 0. The molecule has 0 rings (SSSR count). The first-order chi connectivity index (χ1) is 13.9. The predicted octanol–water partition coefficient (Wildman–Crippen LogP) is 2.83. The topological polar surface area (TPSA) is 92.7 Å². The van der Waals surface area contributed by atoms with E-state index in [2.05, 4.69) is 23.3 Å². The Bertz CT molecular complexity index is 522. The zero-order chi connectivity index (χ0) is 21.8. The molecule has 0 heterocycles. The van der Waals surface area contributed by atoms with Gasteiger partial charge in [-0.05, 0) is 38.5 Å². The van der Waals surface area contributed by atoms with Crippen molar-refractivity contribution in [1.82, 2.24) is 0 Å². The third-order valence-electron chi connectivity index (χ3n) is 4.72. The Morgan fingerprint density at radius 3 is 1.87 bits per heavy atom. The van der Waals surface area contributed by atoms with Crippen LogP contribution in [0.25, 0.3) is 0 Å². The molecule has 1 unspecified atom stereocenters. The van der Waals surface area contributed by atoms with Crippen molar-refractivity contribution >= 4 is 16.4 Å². The molecule has 0 spiro atoms. The van der Waals surface area contributed by atoms with Gasteiger partial charge in [0.2, 0.25) is 10.4 Å². The first kappa shape index (κ1) is 32.3. The van der Waals surface area contributed by atoms with Gasteiger partial charge in [-0.15, -0.1) is 0 Å². The smallest absolute Gasteiger partial charge is 0.726 e. The minimum Gasteiger partial charge on any atom is -0.726 e. The number of rotatable bonds is 20. The molecule has 6 nitrogen and oxygen atoms in total. The molecular formula is C22H41NaO6S. The molecule has 0 bridgehead atoms. The molecule has 30 heavy (non-hydrogen) atoms. The number of carbonyl (C=O) groups excluding carboxylic acids is 1. The van der Waals surface area contributed by atoms with Gasteiger partial charge in [-0.2, -0.15) is 0 Å². The van der Waals surface area contributed by atoms with Gasteiger partial charge in [-0.25, -0.2) is 13.2 Å². The van der Waals surface area contributed by atoms with Gasteiger partial charge in [0.25, 0.3) is 0 Å². The van der Waals surface area contributed by atoms with Crippen LogP contribution in [0.2, 0.25) is 0 Å². The normalized spacial score (nSPS) is 12.6. The molecule has 0 saturated heterocycles. The Hall–Kier alpha value is 0.0800. The van der Waals surface area contributed by atoms with Gasteiger partial charge >= 0.3 is 35.5 Å². The molecule has 0 aliphatic rings. The Balaban J connectivity index is 0. The maximum Gasteiger partial charge on any atom is 1.00 e. The predicted molar refractivity (Wildman–Crippen MR) is 115 cm³/mol. The standard InChI is InChI=1S/C22H42O6S.Na/c1-3-5-7-8-9-10-11-12-13-14-15-16-17-18-19-21(28-29(24,25)26)22(23)27-20-6-4-2;/h12-13,21H,3-11,14-20H2,1-2H3,(H,24,25,26);/q;+1/p-1. The first-order valence-electron chi connectivity index (χ1n) is 11.4. The van der Waals surface area contributed by atoms with Gasteiger partial charge < -0.3 is 9.29 Å². The van der Waals surface area contributed by atoms with Crippen molar-refractivity contribution in [3.63, 3.8) is 0 Å². The molecule has 172 valence electrons. The van der Waals surface area contributed by atoms with E-state index in [1.807, 2.05) is 6.92 Å². The molecule has 0 N–H and O–H groups in total. The van der Waals surface area contributed by atoms with Gasteiger partial charge in [0.05, 0.1) is 6.61 Å². The number of unbranched alkanes of at least 4 members (excludes halogenated alkanes) is 11.